The van der Waals surface area contributed by atoms with Crippen LogP contribution in [0.5, 0.6) is 0 Å². The van der Waals surface area contributed by atoms with E-state index in [0.29, 0.717) is 6.54 Å². The minimum absolute atomic E-state index is 0.0724. The molecule has 1 saturated heterocycles. The molecule has 0 aromatic heterocycles. The highest BCUT2D eigenvalue weighted by atomic mass is 16.4. The average molecular weight is 270 g/mol. The van der Waals surface area contributed by atoms with E-state index in [2.05, 4.69) is 12.2 Å². The lowest BCUT2D eigenvalue weighted by Crippen LogP contribution is -2.49. The Hall–Kier alpha value is -1.10. The Bertz CT molecular complexity index is 320. The molecule has 1 heterocycles. The first-order valence-corrected chi connectivity index (χ1v) is 7.23. The maximum Gasteiger partial charge on any atom is 0.320 e. The van der Waals surface area contributed by atoms with E-state index in [0.717, 1.165) is 32.2 Å². The maximum atomic E-state index is 12.1. The molecular weight excluding hydrogens is 244 g/mol. The number of carboxylic acid groups (broad SMARTS) is 1. The molecule has 0 unspecified atom stereocenters. The number of carbonyl (C=O) groups excluding carboxylic acids is 1. The van der Waals surface area contributed by atoms with Gasteiger partial charge in [-0.2, -0.15) is 0 Å². The van der Waals surface area contributed by atoms with E-state index >= 15 is 0 Å². The molecule has 0 aromatic rings. The van der Waals surface area contributed by atoms with Crippen molar-refractivity contribution in [1.29, 1.82) is 0 Å². The van der Waals surface area contributed by atoms with Gasteiger partial charge in [0.2, 0.25) is 5.91 Å². The summed E-state index contributed by atoms with van der Waals surface area (Å²) in [4.78, 5) is 25.0. The second-order valence-electron chi connectivity index (χ2n) is 5.55. The normalized spacial score (nSPS) is 23.6. The van der Waals surface area contributed by atoms with Crippen LogP contribution in [0.4, 0.5) is 0 Å². The molecule has 0 aliphatic carbocycles. The lowest BCUT2D eigenvalue weighted by atomic mass is 9.95. The van der Waals surface area contributed by atoms with Gasteiger partial charge in [-0.1, -0.05) is 13.3 Å². The van der Waals surface area contributed by atoms with Gasteiger partial charge in [0.15, 0.2) is 0 Å². The Morgan fingerprint density at radius 2 is 2.11 bits per heavy atom. The molecule has 1 aliphatic heterocycles. The third-order valence-corrected chi connectivity index (χ3v) is 3.84. The number of amides is 1. The number of rotatable bonds is 6. The quantitative estimate of drug-likeness (QED) is 0.767. The van der Waals surface area contributed by atoms with Crippen LogP contribution in [0.1, 0.15) is 46.5 Å². The summed E-state index contributed by atoms with van der Waals surface area (Å²) >= 11 is 0. The highest BCUT2D eigenvalue weighted by Gasteiger charge is 2.30. The fourth-order valence-electron chi connectivity index (χ4n) is 2.59. The van der Waals surface area contributed by atoms with Gasteiger partial charge in [-0.05, 0) is 39.7 Å². The van der Waals surface area contributed by atoms with Crippen molar-refractivity contribution in [1.82, 2.24) is 10.2 Å². The summed E-state index contributed by atoms with van der Waals surface area (Å²) in [6.07, 6.45) is 3.77. The van der Waals surface area contributed by atoms with Crippen molar-refractivity contribution in [2.45, 2.75) is 58.5 Å². The van der Waals surface area contributed by atoms with Crippen molar-refractivity contribution in [3.8, 4) is 0 Å². The summed E-state index contributed by atoms with van der Waals surface area (Å²) in [5.41, 5.74) is 0. The first-order valence-electron chi connectivity index (χ1n) is 7.23. The van der Waals surface area contributed by atoms with Crippen LogP contribution in [-0.2, 0) is 9.59 Å². The van der Waals surface area contributed by atoms with Gasteiger partial charge in [-0.25, -0.2) is 0 Å². The third kappa shape index (κ3) is 4.82. The van der Waals surface area contributed by atoms with Crippen LogP contribution in [0.3, 0.4) is 0 Å². The SMILES string of the molecule is CCC[C@H](C)NC(=O)[C@H]1CCCN([C@@H](C)C(=O)O)C1. The summed E-state index contributed by atoms with van der Waals surface area (Å²) in [5.74, 6) is -0.821. The number of aliphatic carboxylic acids is 1. The molecule has 5 heteroatoms. The number of nitrogens with one attached hydrogen (secondary N) is 1. The molecule has 0 spiro atoms. The molecule has 1 amide bonds. The van der Waals surface area contributed by atoms with E-state index in [1.165, 1.54) is 0 Å². The van der Waals surface area contributed by atoms with E-state index in [1.54, 1.807) is 6.92 Å². The van der Waals surface area contributed by atoms with Crippen LogP contribution in [0.25, 0.3) is 0 Å². The molecule has 5 nitrogen and oxygen atoms in total. The largest absolute Gasteiger partial charge is 0.480 e. The molecule has 0 radical (unpaired) electrons. The van der Waals surface area contributed by atoms with Crippen LogP contribution in [-0.4, -0.2) is 47.1 Å². The van der Waals surface area contributed by atoms with Crippen LogP contribution < -0.4 is 5.32 Å². The van der Waals surface area contributed by atoms with Gasteiger partial charge in [0.05, 0.1) is 5.92 Å². The van der Waals surface area contributed by atoms with Gasteiger partial charge in [-0.15, -0.1) is 0 Å². The Morgan fingerprint density at radius 3 is 2.68 bits per heavy atom. The highest BCUT2D eigenvalue weighted by molar-refractivity contribution is 5.79. The molecule has 1 fully saturated rings. The van der Waals surface area contributed by atoms with Gasteiger partial charge in [0.1, 0.15) is 6.04 Å². The Labute approximate surface area is 115 Å². The van der Waals surface area contributed by atoms with Gasteiger partial charge < -0.3 is 10.4 Å². The van der Waals surface area contributed by atoms with Crippen molar-refractivity contribution in [2.75, 3.05) is 13.1 Å². The zero-order valence-electron chi connectivity index (χ0n) is 12.2. The molecule has 3 atom stereocenters. The van der Waals surface area contributed by atoms with Crippen LogP contribution in [0, 0.1) is 5.92 Å². The molecular formula is C14H26N2O3. The number of hydrogen-bond acceptors (Lipinski definition) is 3. The van der Waals surface area contributed by atoms with Crippen LogP contribution in [0.15, 0.2) is 0 Å². The molecule has 0 bridgehead atoms. The molecule has 19 heavy (non-hydrogen) atoms. The zero-order chi connectivity index (χ0) is 14.4. The van der Waals surface area contributed by atoms with Crippen LogP contribution >= 0.6 is 0 Å². The molecule has 2 N–H and O–H groups in total. The third-order valence-electron chi connectivity index (χ3n) is 3.84. The van der Waals surface area contributed by atoms with Gasteiger partial charge >= 0.3 is 5.97 Å². The van der Waals surface area contributed by atoms with E-state index < -0.39 is 12.0 Å². The lowest BCUT2D eigenvalue weighted by molar-refractivity contribution is -0.144. The molecule has 0 saturated carbocycles. The van der Waals surface area contributed by atoms with E-state index in [-0.39, 0.29) is 17.9 Å². The number of piperidine rings is 1. The Kier molecular flexibility index (Phi) is 6.28. The first kappa shape index (κ1) is 16.0. The van der Waals surface area contributed by atoms with Crippen molar-refractivity contribution >= 4 is 11.9 Å². The molecule has 110 valence electrons. The Balaban J connectivity index is 2.50. The summed E-state index contributed by atoms with van der Waals surface area (Å²) in [7, 11) is 0. The Morgan fingerprint density at radius 1 is 1.42 bits per heavy atom. The predicted octanol–water partition coefficient (Wildman–Crippen LogP) is 1.48. The van der Waals surface area contributed by atoms with E-state index in [9.17, 15) is 9.59 Å². The number of likely N-dealkylation sites (tertiary alicyclic amines) is 1. The minimum atomic E-state index is -0.819. The maximum absolute atomic E-state index is 12.1. The summed E-state index contributed by atoms with van der Waals surface area (Å²) in [6, 6.07) is -0.312. The van der Waals surface area contributed by atoms with Crippen molar-refractivity contribution in [2.24, 2.45) is 5.92 Å². The second kappa shape index (κ2) is 7.48. The summed E-state index contributed by atoms with van der Waals surface area (Å²) in [6.45, 7) is 7.11. The average Bonchev–Trinajstić information content (AvgIpc) is 2.38. The highest BCUT2D eigenvalue weighted by Crippen LogP contribution is 2.19. The number of carboxylic acids is 1. The predicted molar refractivity (Wildman–Crippen MR) is 73.9 cm³/mol. The first-order chi connectivity index (χ1) is 8.95. The van der Waals surface area contributed by atoms with Gasteiger partial charge in [0.25, 0.3) is 0 Å². The van der Waals surface area contributed by atoms with E-state index in [4.69, 9.17) is 5.11 Å². The minimum Gasteiger partial charge on any atom is -0.480 e. The lowest BCUT2D eigenvalue weighted by Gasteiger charge is -2.34. The van der Waals surface area contributed by atoms with Crippen molar-refractivity contribution < 1.29 is 14.7 Å². The number of carbonyl (C=O) groups is 2. The van der Waals surface area contributed by atoms with Crippen LogP contribution in [0.2, 0.25) is 0 Å². The number of nitrogens with zero attached hydrogens (tertiary/aromatic N) is 1. The molecule has 0 aromatic carbocycles. The standard InChI is InChI=1S/C14H26N2O3/c1-4-6-10(2)15-13(17)12-7-5-8-16(9-12)11(3)14(18)19/h10-12H,4-9H2,1-3H3,(H,15,17)(H,18,19)/t10-,11-,12-/m0/s1. The topological polar surface area (TPSA) is 69.6 Å². The van der Waals surface area contributed by atoms with Gasteiger partial charge in [-0.3, -0.25) is 14.5 Å². The summed E-state index contributed by atoms with van der Waals surface area (Å²) < 4.78 is 0. The van der Waals surface area contributed by atoms with Crippen molar-refractivity contribution in [3.05, 3.63) is 0 Å². The smallest absolute Gasteiger partial charge is 0.320 e. The molecule has 1 aliphatic rings. The van der Waals surface area contributed by atoms with Gasteiger partial charge in [0, 0.05) is 12.6 Å². The summed E-state index contributed by atoms with van der Waals surface area (Å²) in [5, 5.41) is 12.1. The van der Waals surface area contributed by atoms with E-state index in [1.807, 2.05) is 11.8 Å². The molecule has 1 rings (SSSR count). The zero-order valence-corrected chi connectivity index (χ0v) is 12.2. The van der Waals surface area contributed by atoms with Crippen molar-refractivity contribution in [3.63, 3.8) is 0 Å². The fourth-order valence-corrected chi connectivity index (χ4v) is 2.59. The monoisotopic (exact) mass is 270 g/mol. The number of hydrogen-bond donors (Lipinski definition) is 2. The second-order valence-corrected chi connectivity index (χ2v) is 5.55. The fraction of sp³-hybridized carbons (Fsp3) is 0.857.